The number of allylic oxidation sites excluding steroid dienone is 4. The second kappa shape index (κ2) is 24.1. The van der Waals surface area contributed by atoms with E-state index in [0.717, 1.165) is 63.2 Å². The molecule has 0 fully saturated rings. The quantitative estimate of drug-likeness (QED) is 0.0477. The monoisotopic (exact) mass is 551 g/mol. The molecule has 39 heavy (non-hydrogen) atoms. The third kappa shape index (κ3) is 20.8. The molecule has 2 atom stereocenters. The number of unbranched alkanes of at least 4 members (excludes halogenated alkanes) is 10. The zero-order chi connectivity index (χ0) is 28.6. The first-order valence-corrected chi connectivity index (χ1v) is 16.1. The lowest BCUT2D eigenvalue weighted by molar-refractivity contribution is -0.183. The summed E-state index contributed by atoms with van der Waals surface area (Å²) in [5.41, 5.74) is 1.60. The number of ether oxygens (including phenoxy) is 1. The third-order valence-corrected chi connectivity index (χ3v) is 7.79. The summed E-state index contributed by atoms with van der Waals surface area (Å²) >= 11 is 0. The van der Waals surface area contributed by atoms with Crippen LogP contribution in [0.2, 0.25) is 0 Å². The van der Waals surface area contributed by atoms with E-state index in [1.165, 1.54) is 70.6 Å². The fourth-order valence-electron chi connectivity index (χ4n) is 5.11. The molecule has 226 valence electrons. The van der Waals surface area contributed by atoms with E-state index < -0.39 is 5.97 Å². The van der Waals surface area contributed by atoms with Crippen LogP contribution in [0.4, 0.5) is 4.53 Å². The predicted molar refractivity (Wildman–Crippen MR) is 159 cm³/mol. The maximum Gasteiger partial charge on any atom is 0.348 e. The van der Waals surface area contributed by atoms with E-state index in [-0.39, 0.29) is 12.4 Å². The molecule has 0 saturated carbocycles. The minimum Gasteiger partial charge on any atom is -0.431 e. The summed E-state index contributed by atoms with van der Waals surface area (Å²) in [6.07, 6.45) is 26.7. The van der Waals surface area contributed by atoms with Crippen molar-refractivity contribution in [2.24, 2.45) is 11.8 Å². The summed E-state index contributed by atoms with van der Waals surface area (Å²) in [5, 5.41) is 3.09. The van der Waals surface area contributed by atoms with Crippen LogP contribution in [0, 0.1) is 11.8 Å². The van der Waals surface area contributed by atoms with Crippen LogP contribution in [-0.2, 0) is 19.3 Å². The van der Waals surface area contributed by atoms with Crippen LogP contribution >= 0.6 is 0 Å². The number of hydrogen-bond donors (Lipinski definition) is 1. The molecule has 0 bridgehead atoms. The Labute approximate surface area is 238 Å². The van der Waals surface area contributed by atoms with Crippen molar-refractivity contribution in [1.82, 2.24) is 5.32 Å². The minimum atomic E-state index is -0.756. The Kier molecular flexibility index (Phi) is 21.9. The first-order valence-electron chi connectivity index (χ1n) is 16.1. The van der Waals surface area contributed by atoms with E-state index in [4.69, 9.17) is 4.74 Å². The van der Waals surface area contributed by atoms with Gasteiger partial charge in [-0.25, -0.2) is 4.79 Å². The van der Waals surface area contributed by atoms with Gasteiger partial charge in [0.2, 0.25) is 0 Å². The second-order valence-electron chi connectivity index (χ2n) is 11.5. The van der Waals surface area contributed by atoms with Crippen LogP contribution < -0.4 is 5.32 Å². The van der Waals surface area contributed by atoms with Crippen molar-refractivity contribution in [2.75, 3.05) is 13.6 Å². The van der Waals surface area contributed by atoms with E-state index in [9.17, 15) is 14.1 Å². The van der Waals surface area contributed by atoms with Crippen LogP contribution in [0.15, 0.2) is 23.5 Å². The largest absolute Gasteiger partial charge is 0.431 e. The molecule has 0 amide bonds. The highest BCUT2D eigenvalue weighted by Gasteiger charge is 2.23. The molecular weight excluding hydrogens is 493 g/mol. The number of hydrogen-bond acceptors (Lipinski definition) is 5. The third-order valence-electron chi connectivity index (χ3n) is 7.79. The molecule has 0 spiro atoms. The van der Waals surface area contributed by atoms with E-state index >= 15 is 0 Å². The summed E-state index contributed by atoms with van der Waals surface area (Å²) < 4.78 is 17.4. The van der Waals surface area contributed by atoms with Crippen molar-refractivity contribution in [2.45, 2.75) is 149 Å². The number of carbonyl (C=O) groups is 2. The van der Waals surface area contributed by atoms with Gasteiger partial charge in [0, 0.05) is 23.8 Å². The van der Waals surface area contributed by atoms with E-state index in [1.54, 1.807) is 5.57 Å². The van der Waals surface area contributed by atoms with Crippen molar-refractivity contribution in [3.63, 3.8) is 0 Å². The average Bonchev–Trinajstić information content (AvgIpc) is 3.68. The van der Waals surface area contributed by atoms with Gasteiger partial charge < -0.3 is 10.1 Å². The molecule has 2 unspecified atom stereocenters. The molecule has 0 heterocycles. The lowest BCUT2D eigenvalue weighted by Gasteiger charge is -2.12. The standard InChI is InChI=1S/C33H58FNO4/c1-4-5-6-7-8-9-14-20-31(38-32(36)23-17-26-35-3)21-15-10-12-18-28(2)24-25-30-27-29(30)19-13-11-16-22-33(37)39-34/h20,27-29,35H,4-19,21-26H2,1-3H3/b31-20+. The van der Waals surface area contributed by atoms with Gasteiger partial charge in [0.15, 0.2) is 0 Å². The summed E-state index contributed by atoms with van der Waals surface area (Å²) in [6, 6.07) is 0. The van der Waals surface area contributed by atoms with Crippen LogP contribution in [0.1, 0.15) is 149 Å². The predicted octanol–water partition coefficient (Wildman–Crippen LogP) is 9.46. The van der Waals surface area contributed by atoms with Gasteiger partial charge in [-0.3, -0.25) is 9.74 Å². The average molecular weight is 552 g/mol. The minimum absolute atomic E-state index is 0.0951. The highest BCUT2D eigenvalue weighted by Crippen LogP contribution is 2.38. The maximum absolute atomic E-state index is 12.3. The molecule has 0 aliphatic heterocycles. The summed E-state index contributed by atoms with van der Waals surface area (Å²) in [5.74, 6) is 1.43. The van der Waals surface area contributed by atoms with E-state index in [1.807, 2.05) is 7.05 Å². The lowest BCUT2D eigenvalue weighted by atomic mass is 9.96. The number of nitrogens with one attached hydrogen (secondary N) is 1. The Morgan fingerprint density at radius 3 is 2.36 bits per heavy atom. The highest BCUT2D eigenvalue weighted by molar-refractivity contribution is 5.70. The maximum atomic E-state index is 12.3. The molecule has 0 radical (unpaired) electrons. The molecule has 0 aromatic rings. The van der Waals surface area contributed by atoms with Gasteiger partial charge in [0.05, 0.1) is 0 Å². The molecule has 5 nitrogen and oxygen atoms in total. The van der Waals surface area contributed by atoms with Crippen molar-refractivity contribution in [3.05, 3.63) is 23.5 Å². The SMILES string of the molecule is CCCCCCCC/C=C(\CCCCCC(C)CCC1=CC1CCCCCC(=O)OF)OC(=O)CCCNC. The van der Waals surface area contributed by atoms with Crippen molar-refractivity contribution >= 4 is 11.9 Å². The van der Waals surface area contributed by atoms with E-state index in [0.29, 0.717) is 18.8 Å². The highest BCUT2D eigenvalue weighted by atomic mass is 19.3. The Balaban J connectivity index is 2.16. The number of rotatable bonds is 27. The van der Waals surface area contributed by atoms with Crippen molar-refractivity contribution in [1.29, 1.82) is 0 Å². The molecule has 1 aliphatic rings. The topological polar surface area (TPSA) is 64.6 Å². The normalized spacial score (nSPS) is 15.6. The van der Waals surface area contributed by atoms with Gasteiger partial charge in [-0.15, -0.1) is 0 Å². The van der Waals surface area contributed by atoms with Crippen molar-refractivity contribution in [3.8, 4) is 0 Å². The second-order valence-corrected chi connectivity index (χ2v) is 11.5. The molecule has 6 heteroatoms. The van der Waals surface area contributed by atoms with Gasteiger partial charge in [-0.05, 0) is 82.9 Å². The Hall–Kier alpha value is -1.69. The first kappa shape index (κ1) is 35.3. The van der Waals surface area contributed by atoms with Gasteiger partial charge in [-0.1, -0.05) is 89.7 Å². The Morgan fingerprint density at radius 1 is 0.897 bits per heavy atom. The van der Waals surface area contributed by atoms with Crippen LogP contribution in [0.5, 0.6) is 0 Å². The molecule has 0 saturated heterocycles. The molecule has 0 aromatic carbocycles. The molecular formula is C33H58FNO4. The van der Waals surface area contributed by atoms with Gasteiger partial charge in [0.25, 0.3) is 0 Å². The van der Waals surface area contributed by atoms with E-state index in [2.05, 4.69) is 36.3 Å². The summed E-state index contributed by atoms with van der Waals surface area (Å²) in [7, 11) is 1.91. The van der Waals surface area contributed by atoms with Gasteiger partial charge in [0.1, 0.15) is 5.76 Å². The van der Waals surface area contributed by atoms with Gasteiger partial charge in [-0.2, -0.15) is 0 Å². The zero-order valence-corrected chi connectivity index (χ0v) is 25.4. The fourth-order valence-corrected chi connectivity index (χ4v) is 5.11. The Bertz CT molecular complexity index is 706. The fraction of sp³-hybridized carbons (Fsp3) is 0.818. The number of carbonyl (C=O) groups excluding carboxylic acids is 2. The van der Waals surface area contributed by atoms with Crippen molar-refractivity contribution < 1.29 is 23.8 Å². The number of esters is 1. The summed E-state index contributed by atoms with van der Waals surface area (Å²) in [4.78, 5) is 26.3. The molecule has 1 rings (SSSR count). The van der Waals surface area contributed by atoms with Crippen LogP contribution in [-0.4, -0.2) is 25.5 Å². The van der Waals surface area contributed by atoms with Gasteiger partial charge >= 0.3 is 11.9 Å². The molecule has 0 aromatic heterocycles. The summed E-state index contributed by atoms with van der Waals surface area (Å²) in [6.45, 7) is 5.44. The number of halogens is 1. The smallest absolute Gasteiger partial charge is 0.348 e. The molecule has 1 aliphatic carbocycles. The first-order chi connectivity index (χ1) is 19.0. The van der Waals surface area contributed by atoms with Crippen LogP contribution in [0.3, 0.4) is 0 Å². The molecule has 1 N–H and O–H groups in total. The van der Waals surface area contributed by atoms with Crippen LogP contribution in [0.25, 0.3) is 0 Å². The zero-order valence-electron chi connectivity index (χ0n) is 25.4. The Morgan fingerprint density at radius 2 is 1.59 bits per heavy atom. The lowest BCUT2D eigenvalue weighted by Crippen LogP contribution is -2.11.